The van der Waals surface area contributed by atoms with Crippen LogP contribution in [0.1, 0.15) is 20.8 Å². The molecule has 0 saturated heterocycles. The first kappa shape index (κ1) is 15.6. The van der Waals surface area contributed by atoms with Gasteiger partial charge < -0.3 is 20.1 Å². The molecule has 0 bridgehead atoms. The summed E-state index contributed by atoms with van der Waals surface area (Å²) in [6.07, 6.45) is -0.0836. The van der Waals surface area contributed by atoms with E-state index in [-0.39, 0.29) is 11.9 Å². The number of ether oxygens (including phenoxy) is 2. The van der Waals surface area contributed by atoms with Gasteiger partial charge in [-0.3, -0.25) is 0 Å². The van der Waals surface area contributed by atoms with E-state index in [1.165, 1.54) is 6.07 Å². The average molecular weight is 270 g/mol. The number of hydrogen-bond donors (Lipinski definition) is 1. The molecule has 1 rings (SSSR count). The molecule has 0 amide bonds. The van der Waals surface area contributed by atoms with Gasteiger partial charge in [0.25, 0.3) is 0 Å². The van der Waals surface area contributed by atoms with Crippen LogP contribution in [0, 0.1) is 5.82 Å². The first-order valence-corrected chi connectivity index (χ1v) is 6.50. The van der Waals surface area contributed by atoms with Gasteiger partial charge in [0.1, 0.15) is 0 Å². The van der Waals surface area contributed by atoms with Crippen molar-refractivity contribution in [3.05, 3.63) is 17.9 Å². The van der Waals surface area contributed by atoms with Crippen LogP contribution in [0.25, 0.3) is 0 Å². The highest BCUT2D eigenvalue weighted by Gasteiger charge is 2.13. The van der Waals surface area contributed by atoms with Gasteiger partial charge in [-0.05, 0) is 20.8 Å². The van der Waals surface area contributed by atoms with Crippen LogP contribution >= 0.6 is 0 Å². The molecule has 2 N–H and O–H groups in total. The van der Waals surface area contributed by atoms with Gasteiger partial charge in [-0.15, -0.1) is 0 Å². The van der Waals surface area contributed by atoms with Crippen molar-refractivity contribution < 1.29 is 13.9 Å². The third-order valence-corrected chi connectivity index (χ3v) is 2.63. The van der Waals surface area contributed by atoms with Gasteiger partial charge in [0.05, 0.1) is 24.1 Å². The van der Waals surface area contributed by atoms with E-state index in [1.807, 2.05) is 32.7 Å². The number of likely N-dealkylation sites (N-methyl/N-ethyl adjacent to an activating group) is 1. The second-order valence-electron chi connectivity index (χ2n) is 4.63. The highest BCUT2D eigenvalue weighted by molar-refractivity contribution is 5.69. The van der Waals surface area contributed by atoms with Crippen LogP contribution in [-0.2, 0) is 4.74 Å². The number of nitrogens with zero attached hydrogens (tertiary/aromatic N) is 1. The lowest BCUT2D eigenvalue weighted by Gasteiger charge is -2.22. The van der Waals surface area contributed by atoms with E-state index in [4.69, 9.17) is 15.2 Å². The van der Waals surface area contributed by atoms with E-state index < -0.39 is 5.82 Å². The van der Waals surface area contributed by atoms with Gasteiger partial charge in [0.15, 0.2) is 11.6 Å². The van der Waals surface area contributed by atoms with Crippen LogP contribution in [0.3, 0.4) is 0 Å². The number of halogens is 1. The molecule has 0 aliphatic rings. The minimum atomic E-state index is -0.437. The van der Waals surface area contributed by atoms with Crippen molar-refractivity contribution in [1.29, 1.82) is 0 Å². The third-order valence-electron chi connectivity index (χ3n) is 2.63. The second kappa shape index (κ2) is 7.19. The monoisotopic (exact) mass is 270 g/mol. The molecule has 0 heterocycles. The lowest BCUT2D eigenvalue weighted by molar-refractivity contribution is 0.154. The Balaban J connectivity index is 2.87. The summed E-state index contributed by atoms with van der Waals surface area (Å²) < 4.78 is 24.4. The standard InChI is InChI=1S/C14H23FN2O2/c1-5-18-7-6-17(4)13-9-14(19-10(2)3)11(15)8-12(13)16/h8-10H,5-7,16H2,1-4H3. The number of hydrogen-bond acceptors (Lipinski definition) is 4. The van der Waals surface area contributed by atoms with E-state index in [9.17, 15) is 4.39 Å². The van der Waals surface area contributed by atoms with E-state index in [2.05, 4.69) is 0 Å². The van der Waals surface area contributed by atoms with Gasteiger partial charge in [0.2, 0.25) is 0 Å². The second-order valence-corrected chi connectivity index (χ2v) is 4.63. The fourth-order valence-electron chi connectivity index (χ4n) is 1.70. The number of nitrogens with two attached hydrogens (primary N) is 1. The van der Waals surface area contributed by atoms with E-state index in [1.54, 1.807) is 6.07 Å². The van der Waals surface area contributed by atoms with Crippen LogP contribution in [0.15, 0.2) is 12.1 Å². The van der Waals surface area contributed by atoms with E-state index >= 15 is 0 Å². The predicted octanol–water partition coefficient (Wildman–Crippen LogP) is 2.67. The summed E-state index contributed by atoms with van der Waals surface area (Å²) in [5.74, 6) is -0.212. The van der Waals surface area contributed by atoms with Gasteiger partial charge in [-0.25, -0.2) is 4.39 Å². The first-order valence-electron chi connectivity index (χ1n) is 6.50. The molecular weight excluding hydrogens is 247 g/mol. The Morgan fingerprint density at radius 3 is 2.63 bits per heavy atom. The lowest BCUT2D eigenvalue weighted by Crippen LogP contribution is -2.23. The lowest BCUT2D eigenvalue weighted by atomic mass is 10.2. The SMILES string of the molecule is CCOCCN(C)c1cc(OC(C)C)c(F)cc1N. The van der Waals surface area contributed by atoms with Gasteiger partial charge in [-0.1, -0.05) is 0 Å². The minimum absolute atomic E-state index is 0.0836. The van der Waals surface area contributed by atoms with E-state index in [0.717, 1.165) is 5.69 Å². The number of rotatable bonds is 7. The summed E-state index contributed by atoms with van der Waals surface area (Å²) in [6.45, 7) is 7.62. The van der Waals surface area contributed by atoms with Crippen molar-refractivity contribution in [3.8, 4) is 5.75 Å². The smallest absolute Gasteiger partial charge is 0.167 e. The predicted molar refractivity (Wildman–Crippen MR) is 76.3 cm³/mol. The molecule has 0 saturated carbocycles. The molecule has 1 aromatic carbocycles. The molecule has 0 atom stereocenters. The summed E-state index contributed by atoms with van der Waals surface area (Å²) in [5, 5.41) is 0. The van der Waals surface area contributed by atoms with Crippen LogP contribution < -0.4 is 15.4 Å². The normalized spacial score (nSPS) is 10.8. The Morgan fingerprint density at radius 2 is 2.05 bits per heavy atom. The molecule has 0 fully saturated rings. The number of anilines is 2. The van der Waals surface area contributed by atoms with Crippen LogP contribution in [-0.4, -0.2) is 32.9 Å². The van der Waals surface area contributed by atoms with Gasteiger partial charge in [-0.2, -0.15) is 0 Å². The highest BCUT2D eigenvalue weighted by atomic mass is 19.1. The summed E-state index contributed by atoms with van der Waals surface area (Å²) in [5.41, 5.74) is 6.99. The highest BCUT2D eigenvalue weighted by Crippen LogP contribution is 2.30. The van der Waals surface area contributed by atoms with Crippen LogP contribution in [0.5, 0.6) is 5.75 Å². The Labute approximate surface area is 114 Å². The maximum absolute atomic E-state index is 13.7. The maximum atomic E-state index is 13.7. The maximum Gasteiger partial charge on any atom is 0.167 e. The number of benzene rings is 1. The summed E-state index contributed by atoms with van der Waals surface area (Å²) in [7, 11) is 1.89. The van der Waals surface area contributed by atoms with Crippen molar-refractivity contribution in [1.82, 2.24) is 0 Å². The molecular formula is C14H23FN2O2. The molecule has 1 aromatic rings. The molecule has 0 aliphatic carbocycles. The zero-order valence-electron chi connectivity index (χ0n) is 12.1. The Morgan fingerprint density at radius 1 is 1.37 bits per heavy atom. The van der Waals surface area contributed by atoms with Crippen molar-refractivity contribution in [2.45, 2.75) is 26.9 Å². The molecule has 0 radical (unpaired) electrons. The third kappa shape index (κ3) is 4.59. The van der Waals surface area contributed by atoms with Crippen molar-refractivity contribution in [2.75, 3.05) is 37.4 Å². The van der Waals surface area contributed by atoms with E-state index in [0.29, 0.717) is 25.4 Å². The van der Waals surface area contributed by atoms with Crippen molar-refractivity contribution >= 4 is 11.4 Å². The fraction of sp³-hybridized carbons (Fsp3) is 0.571. The zero-order valence-corrected chi connectivity index (χ0v) is 12.1. The molecule has 4 nitrogen and oxygen atoms in total. The first-order chi connectivity index (χ1) is 8.95. The van der Waals surface area contributed by atoms with Gasteiger partial charge in [0, 0.05) is 32.3 Å². The van der Waals surface area contributed by atoms with Crippen LogP contribution in [0.4, 0.5) is 15.8 Å². The average Bonchev–Trinajstić information content (AvgIpc) is 2.32. The van der Waals surface area contributed by atoms with Crippen molar-refractivity contribution in [3.63, 3.8) is 0 Å². The Kier molecular flexibility index (Phi) is 5.89. The molecule has 5 heteroatoms. The molecule has 0 aliphatic heterocycles. The molecule has 0 spiro atoms. The minimum Gasteiger partial charge on any atom is -0.488 e. The molecule has 108 valence electrons. The Bertz CT molecular complexity index is 411. The van der Waals surface area contributed by atoms with Crippen LogP contribution in [0.2, 0.25) is 0 Å². The fourth-order valence-corrected chi connectivity index (χ4v) is 1.70. The molecule has 19 heavy (non-hydrogen) atoms. The summed E-state index contributed by atoms with van der Waals surface area (Å²) >= 11 is 0. The summed E-state index contributed by atoms with van der Waals surface area (Å²) in [4.78, 5) is 1.93. The van der Waals surface area contributed by atoms with Crippen molar-refractivity contribution in [2.24, 2.45) is 0 Å². The summed E-state index contributed by atoms with van der Waals surface area (Å²) in [6, 6.07) is 2.93. The quantitative estimate of drug-likeness (QED) is 0.611. The number of nitrogen functional groups attached to an aromatic ring is 1. The Hall–Kier alpha value is -1.49. The zero-order chi connectivity index (χ0) is 14.4. The topological polar surface area (TPSA) is 47.7 Å². The molecule has 0 aromatic heterocycles. The molecule has 0 unspecified atom stereocenters. The van der Waals surface area contributed by atoms with Gasteiger partial charge >= 0.3 is 0 Å². The largest absolute Gasteiger partial charge is 0.488 e.